The van der Waals surface area contributed by atoms with Crippen LogP contribution in [0.4, 0.5) is 0 Å². The minimum Gasteiger partial charge on any atom is -0.297 e. The van der Waals surface area contributed by atoms with Crippen LogP contribution in [-0.2, 0) is 11.3 Å². The van der Waals surface area contributed by atoms with Crippen molar-refractivity contribution in [1.29, 1.82) is 0 Å². The second-order valence-corrected chi connectivity index (χ2v) is 10.7. The smallest absolute Gasteiger partial charge is 0.162 e. The molecule has 0 aromatic carbocycles. The molecule has 1 aromatic heterocycles. The van der Waals surface area contributed by atoms with Crippen molar-refractivity contribution < 1.29 is 4.79 Å². The summed E-state index contributed by atoms with van der Waals surface area (Å²) in [5.74, 6) is 3.57. The molecule has 3 fully saturated rings. The van der Waals surface area contributed by atoms with Gasteiger partial charge in [0.05, 0.1) is 0 Å². The minimum absolute atomic E-state index is 0.108. The average Bonchev–Trinajstić information content (AvgIpc) is 3.29. The van der Waals surface area contributed by atoms with Crippen molar-refractivity contribution in [1.82, 2.24) is 20.2 Å². The fourth-order valence-corrected chi connectivity index (χ4v) is 7.78. The predicted molar refractivity (Wildman–Crippen MR) is 107 cm³/mol. The first-order chi connectivity index (χ1) is 13.4. The van der Waals surface area contributed by atoms with E-state index >= 15 is 0 Å². The normalized spacial score (nSPS) is 45.0. The molecular weight excluding hydrogens is 348 g/mol. The van der Waals surface area contributed by atoms with E-state index in [4.69, 9.17) is 0 Å². The van der Waals surface area contributed by atoms with Gasteiger partial charge in [-0.05, 0) is 91.1 Å². The first kappa shape index (κ1) is 18.5. The van der Waals surface area contributed by atoms with E-state index in [0.29, 0.717) is 23.0 Å². The molecular formula is C23H34N4O. The molecule has 1 aromatic rings. The van der Waals surface area contributed by atoms with Crippen LogP contribution in [0.3, 0.4) is 0 Å². The fourth-order valence-electron chi connectivity index (χ4n) is 7.78. The molecule has 0 bridgehead atoms. The number of hydrogen-bond acceptors (Lipinski definition) is 4. The highest BCUT2D eigenvalue weighted by Crippen LogP contribution is 2.65. The molecule has 0 radical (unpaired) electrons. The summed E-state index contributed by atoms with van der Waals surface area (Å²) in [6.07, 6.45) is 14.2. The van der Waals surface area contributed by atoms with Gasteiger partial charge in [-0.15, -0.1) is 10.2 Å². The molecule has 7 atom stereocenters. The van der Waals surface area contributed by atoms with Gasteiger partial charge in [0, 0.05) is 5.92 Å². The number of tetrazole rings is 1. The van der Waals surface area contributed by atoms with Crippen molar-refractivity contribution in [2.24, 2.45) is 40.4 Å². The average molecular weight is 383 g/mol. The van der Waals surface area contributed by atoms with Crippen LogP contribution in [0.2, 0.25) is 0 Å². The zero-order valence-electron chi connectivity index (χ0n) is 17.6. The van der Waals surface area contributed by atoms with E-state index < -0.39 is 0 Å². The molecule has 0 aliphatic heterocycles. The Morgan fingerprint density at radius 1 is 1.21 bits per heavy atom. The number of fused-ring (bicyclic) bond motifs is 5. The summed E-state index contributed by atoms with van der Waals surface area (Å²) in [7, 11) is 0. The van der Waals surface area contributed by atoms with Crippen LogP contribution in [0.1, 0.15) is 72.1 Å². The zero-order valence-corrected chi connectivity index (χ0v) is 17.6. The van der Waals surface area contributed by atoms with Crippen molar-refractivity contribution >= 4 is 5.78 Å². The molecule has 4 aliphatic carbocycles. The van der Waals surface area contributed by atoms with E-state index in [2.05, 4.69) is 42.3 Å². The third-order valence-electron chi connectivity index (χ3n) is 9.36. The van der Waals surface area contributed by atoms with E-state index in [1.165, 1.54) is 49.6 Å². The van der Waals surface area contributed by atoms with Gasteiger partial charge in [-0.25, -0.2) is 0 Å². The van der Waals surface area contributed by atoms with Crippen LogP contribution < -0.4 is 0 Å². The second-order valence-electron chi connectivity index (χ2n) is 10.7. The van der Waals surface area contributed by atoms with Gasteiger partial charge >= 0.3 is 0 Å². The summed E-state index contributed by atoms with van der Waals surface area (Å²) in [5, 5.41) is 11.7. The van der Waals surface area contributed by atoms with Gasteiger partial charge in [0.1, 0.15) is 6.54 Å². The van der Waals surface area contributed by atoms with Crippen LogP contribution in [0.15, 0.2) is 18.0 Å². The lowest BCUT2D eigenvalue weighted by Crippen LogP contribution is -2.48. The highest BCUT2D eigenvalue weighted by Gasteiger charge is 2.58. The molecule has 4 aliphatic rings. The summed E-state index contributed by atoms with van der Waals surface area (Å²) in [5.41, 5.74) is 2.31. The van der Waals surface area contributed by atoms with E-state index in [9.17, 15) is 4.79 Å². The van der Waals surface area contributed by atoms with E-state index in [0.717, 1.165) is 24.7 Å². The van der Waals surface area contributed by atoms with Gasteiger partial charge in [-0.1, -0.05) is 32.4 Å². The number of aromatic nitrogens is 4. The molecule has 0 N–H and O–H groups in total. The summed E-state index contributed by atoms with van der Waals surface area (Å²) in [6, 6.07) is 0. The lowest BCUT2D eigenvalue weighted by molar-refractivity contribution is -0.128. The highest BCUT2D eigenvalue weighted by molar-refractivity contribution is 5.82. The molecule has 5 heteroatoms. The fraction of sp³-hybridized carbons (Fsp3) is 0.826. The lowest BCUT2D eigenvalue weighted by atomic mass is 9.48. The number of carbonyl (C=O) groups is 1. The first-order valence-corrected chi connectivity index (χ1v) is 11.4. The third kappa shape index (κ3) is 2.64. The Kier molecular flexibility index (Phi) is 4.29. The number of nitrogens with zero attached hydrogens (tertiary/aromatic N) is 4. The Morgan fingerprint density at radius 2 is 2.07 bits per heavy atom. The molecule has 5 nitrogen and oxygen atoms in total. The lowest BCUT2D eigenvalue weighted by Gasteiger charge is -2.57. The van der Waals surface area contributed by atoms with Gasteiger partial charge in [0.2, 0.25) is 0 Å². The van der Waals surface area contributed by atoms with Crippen LogP contribution in [-0.4, -0.2) is 26.0 Å². The van der Waals surface area contributed by atoms with Gasteiger partial charge in [-0.2, -0.15) is 4.80 Å². The second kappa shape index (κ2) is 6.50. The molecule has 6 unspecified atom stereocenters. The maximum Gasteiger partial charge on any atom is 0.162 e. The van der Waals surface area contributed by atoms with E-state index in [-0.39, 0.29) is 17.9 Å². The van der Waals surface area contributed by atoms with E-state index in [1.807, 2.05) is 0 Å². The maximum absolute atomic E-state index is 13.1. The molecule has 0 saturated heterocycles. The number of carbonyl (C=O) groups excluding carboxylic acids is 1. The molecule has 152 valence electrons. The molecule has 5 rings (SSSR count). The van der Waals surface area contributed by atoms with Crippen molar-refractivity contribution in [3.63, 3.8) is 0 Å². The van der Waals surface area contributed by atoms with E-state index in [1.54, 1.807) is 5.57 Å². The maximum atomic E-state index is 13.1. The first-order valence-electron chi connectivity index (χ1n) is 11.4. The largest absolute Gasteiger partial charge is 0.297 e. The highest BCUT2D eigenvalue weighted by atomic mass is 16.1. The van der Waals surface area contributed by atoms with Crippen molar-refractivity contribution in [3.8, 4) is 0 Å². The Bertz CT molecular complexity index is 787. The van der Waals surface area contributed by atoms with Gasteiger partial charge in [0.25, 0.3) is 0 Å². The van der Waals surface area contributed by atoms with Gasteiger partial charge < -0.3 is 0 Å². The number of hydrogen-bond donors (Lipinski definition) is 0. The van der Waals surface area contributed by atoms with Crippen LogP contribution in [0.5, 0.6) is 0 Å². The van der Waals surface area contributed by atoms with Gasteiger partial charge in [-0.3, -0.25) is 4.79 Å². The summed E-state index contributed by atoms with van der Waals surface area (Å²) in [4.78, 5) is 14.6. The standard InChI is InChI=1S/C23H34N4O/c1-15-8-10-22(2)16(12-15)4-5-17-18-6-7-20(23(18,3)11-9-19(17)22)21(28)13-27-25-14-24-26-27/h9,14-18,20H,4-8,10-13H2,1-3H3/t15?,16?,17?,18?,20-,22?,23?/m1/s1. The monoisotopic (exact) mass is 382 g/mol. The van der Waals surface area contributed by atoms with Crippen LogP contribution in [0.25, 0.3) is 0 Å². The Hall–Kier alpha value is -1.52. The topological polar surface area (TPSA) is 60.7 Å². The third-order valence-corrected chi connectivity index (χ3v) is 9.36. The Morgan fingerprint density at radius 3 is 2.86 bits per heavy atom. The summed E-state index contributed by atoms with van der Waals surface area (Å²) >= 11 is 0. The minimum atomic E-state index is 0.108. The quantitative estimate of drug-likeness (QED) is 0.724. The molecule has 0 spiro atoms. The van der Waals surface area contributed by atoms with Crippen LogP contribution >= 0.6 is 0 Å². The van der Waals surface area contributed by atoms with Crippen molar-refractivity contribution in [2.75, 3.05) is 0 Å². The molecule has 28 heavy (non-hydrogen) atoms. The van der Waals surface area contributed by atoms with Gasteiger partial charge in [0.15, 0.2) is 12.1 Å². The number of allylic oxidation sites excluding steroid dienone is 2. The molecule has 0 amide bonds. The molecule has 3 saturated carbocycles. The Balaban J connectivity index is 1.41. The number of ketones is 1. The SMILES string of the molecule is CC1CCC2(C)C3=CCC4(C)C(CC[C@@H]4C(=O)Cn4ncnn4)C3CCC2C1. The Labute approximate surface area is 168 Å². The summed E-state index contributed by atoms with van der Waals surface area (Å²) in [6.45, 7) is 7.67. The zero-order chi connectivity index (χ0) is 19.5. The molecule has 1 heterocycles. The number of Topliss-reactive ketones (excluding diaryl/α,β-unsaturated/α-hetero) is 1. The predicted octanol–water partition coefficient (Wildman–Crippen LogP) is 4.46. The van der Waals surface area contributed by atoms with Crippen LogP contribution in [0, 0.1) is 40.4 Å². The van der Waals surface area contributed by atoms with Crippen molar-refractivity contribution in [3.05, 3.63) is 18.0 Å². The number of rotatable bonds is 3. The summed E-state index contributed by atoms with van der Waals surface area (Å²) < 4.78 is 0. The van der Waals surface area contributed by atoms with Crippen molar-refractivity contribution in [2.45, 2.75) is 78.7 Å².